The lowest BCUT2D eigenvalue weighted by molar-refractivity contribution is 0.515. The molecule has 0 radical (unpaired) electrons. The standard InChI is InChI=1S/C17H22BrN3/c1-6-9-21-15(19)14(20-16(21)17(3,4)5)12-8-7-11(2)10-13(12)18/h6-8,10H,1,9,19H2,2-5H3. The molecule has 0 saturated heterocycles. The van der Waals surface area contributed by atoms with Crippen LogP contribution in [0.4, 0.5) is 5.82 Å². The van der Waals surface area contributed by atoms with Crippen LogP contribution in [0.3, 0.4) is 0 Å². The predicted molar refractivity (Wildman–Crippen MR) is 93.4 cm³/mol. The molecule has 2 aromatic rings. The van der Waals surface area contributed by atoms with Crippen LogP contribution in [0.15, 0.2) is 35.3 Å². The largest absolute Gasteiger partial charge is 0.383 e. The van der Waals surface area contributed by atoms with Gasteiger partial charge in [0.15, 0.2) is 0 Å². The predicted octanol–water partition coefficient (Wildman–Crippen LogP) is 4.69. The first-order valence-corrected chi connectivity index (χ1v) is 7.79. The number of nitrogen functional groups attached to an aromatic ring is 1. The SMILES string of the molecule is C=CCn1c(C(C)(C)C)nc(-c2ccc(C)cc2Br)c1N. The van der Waals surface area contributed by atoms with Crippen LogP contribution in [0.5, 0.6) is 0 Å². The van der Waals surface area contributed by atoms with E-state index in [0.717, 1.165) is 21.6 Å². The lowest BCUT2D eigenvalue weighted by atomic mass is 9.95. The molecule has 2 rings (SSSR count). The molecule has 0 aliphatic rings. The highest BCUT2D eigenvalue weighted by Crippen LogP contribution is 2.35. The number of aryl methyl sites for hydroxylation is 1. The average molecular weight is 348 g/mol. The van der Waals surface area contributed by atoms with Crippen molar-refractivity contribution in [1.29, 1.82) is 0 Å². The Bertz CT molecular complexity index is 678. The normalized spacial score (nSPS) is 11.7. The summed E-state index contributed by atoms with van der Waals surface area (Å²) < 4.78 is 3.05. The number of halogens is 1. The fourth-order valence-electron chi connectivity index (χ4n) is 2.36. The zero-order chi connectivity index (χ0) is 15.8. The molecular weight excluding hydrogens is 326 g/mol. The summed E-state index contributed by atoms with van der Waals surface area (Å²) in [5, 5.41) is 0. The van der Waals surface area contributed by atoms with E-state index in [2.05, 4.69) is 68.4 Å². The molecule has 0 spiro atoms. The minimum atomic E-state index is -0.0768. The fraction of sp³-hybridized carbons (Fsp3) is 0.353. The number of rotatable bonds is 3. The number of allylic oxidation sites excluding steroid dienone is 1. The average Bonchev–Trinajstić information content (AvgIpc) is 2.68. The van der Waals surface area contributed by atoms with E-state index in [9.17, 15) is 0 Å². The summed E-state index contributed by atoms with van der Waals surface area (Å²) in [6, 6.07) is 6.21. The van der Waals surface area contributed by atoms with Crippen molar-refractivity contribution < 1.29 is 0 Å². The van der Waals surface area contributed by atoms with Gasteiger partial charge in [-0.1, -0.05) is 54.9 Å². The Morgan fingerprint density at radius 3 is 2.57 bits per heavy atom. The van der Waals surface area contributed by atoms with E-state index in [0.29, 0.717) is 12.4 Å². The molecule has 0 saturated carbocycles. The molecule has 0 aliphatic heterocycles. The molecule has 1 heterocycles. The van der Waals surface area contributed by atoms with E-state index in [1.54, 1.807) is 0 Å². The number of nitrogens with two attached hydrogens (primary N) is 1. The van der Waals surface area contributed by atoms with Gasteiger partial charge in [0.2, 0.25) is 0 Å². The third-order valence-corrected chi connectivity index (χ3v) is 4.03. The number of hydrogen-bond acceptors (Lipinski definition) is 2. The molecule has 0 unspecified atom stereocenters. The van der Waals surface area contributed by atoms with Gasteiger partial charge in [-0.05, 0) is 18.6 Å². The van der Waals surface area contributed by atoms with E-state index >= 15 is 0 Å². The molecule has 0 bridgehead atoms. The third kappa shape index (κ3) is 3.05. The van der Waals surface area contributed by atoms with Crippen LogP contribution in [-0.2, 0) is 12.0 Å². The highest BCUT2D eigenvalue weighted by molar-refractivity contribution is 9.10. The lowest BCUT2D eigenvalue weighted by Gasteiger charge is -2.19. The maximum absolute atomic E-state index is 6.36. The number of nitrogens with zero attached hydrogens (tertiary/aromatic N) is 2. The van der Waals surface area contributed by atoms with Crippen molar-refractivity contribution in [2.75, 3.05) is 5.73 Å². The van der Waals surface area contributed by atoms with Gasteiger partial charge in [-0.2, -0.15) is 0 Å². The van der Waals surface area contributed by atoms with Crippen LogP contribution in [-0.4, -0.2) is 9.55 Å². The topological polar surface area (TPSA) is 43.8 Å². The second-order valence-corrected chi connectivity index (χ2v) is 7.16. The van der Waals surface area contributed by atoms with Crippen LogP contribution in [0, 0.1) is 6.92 Å². The van der Waals surface area contributed by atoms with Crippen molar-refractivity contribution in [1.82, 2.24) is 9.55 Å². The molecule has 1 aromatic heterocycles. The monoisotopic (exact) mass is 347 g/mol. The second kappa shape index (κ2) is 5.68. The minimum absolute atomic E-state index is 0.0768. The molecule has 0 amide bonds. The van der Waals surface area contributed by atoms with Crippen molar-refractivity contribution in [3.8, 4) is 11.3 Å². The number of aromatic nitrogens is 2. The lowest BCUT2D eigenvalue weighted by Crippen LogP contribution is -2.19. The van der Waals surface area contributed by atoms with E-state index in [-0.39, 0.29) is 5.41 Å². The summed E-state index contributed by atoms with van der Waals surface area (Å²) in [4.78, 5) is 4.82. The molecule has 0 aliphatic carbocycles. The van der Waals surface area contributed by atoms with E-state index in [1.807, 2.05) is 10.6 Å². The number of imidazole rings is 1. The van der Waals surface area contributed by atoms with Crippen LogP contribution >= 0.6 is 15.9 Å². The summed E-state index contributed by atoms with van der Waals surface area (Å²) >= 11 is 3.62. The zero-order valence-electron chi connectivity index (χ0n) is 13.1. The third-order valence-electron chi connectivity index (χ3n) is 3.37. The molecule has 1 aromatic carbocycles. The van der Waals surface area contributed by atoms with Gasteiger partial charge in [-0.25, -0.2) is 4.98 Å². The molecule has 2 N–H and O–H groups in total. The summed E-state index contributed by atoms with van der Waals surface area (Å²) in [5.41, 5.74) is 9.33. The van der Waals surface area contributed by atoms with Gasteiger partial charge in [0, 0.05) is 22.0 Å². The Hall–Kier alpha value is -1.55. The van der Waals surface area contributed by atoms with Gasteiger partial charge >= 0.3 is 0 Å². The summed E-state index contributed by atoms with van der Waals surface area (Å²) in [5.74, 6) is 1.66. The van der Waals surface area contributed by atoms with Crippen LogP contribution in [0.2, 0.25) is 0 Å². The van der Waals surface area contributed by atoms with Crippen LogP contribution in [0.1, 0.15) is 32.2 Å². The van der Waals surface area contributed by atoms with Gasteiger partial charge in [-0.3, -0.25) is 0 Å². The van der Waals surface area contributed by atoms with E-state index < -0.39 is 0 Å². The molecule has 0 fully saturated rings. The maximum atomic E-state index is 6.36. The molecule has 4 heteroatoms. The van der Waals surface area contributed by atoms with Crippen molar-refractivity contribution in [3.05, 3.63) is 46.7 Å². The number of anilines is 1. The van der Waals surface area contributed by atoms with Gasteiger partial charge in [0.05, 0.1) is 0 Å². The van der Waals surface area contributed by atoms with Gasteiger partial charge < -0.3 is 10.3 Å². The summed E-state index contributed by atoms with van der Waals surface area (Å²) in [6.45, 7) is 13.0. The van der Waals surface area contributed by atoms with Crippen LogP contribution < -0.4 is 5.73 Å². The Morgan fingerprint density at radius 2 is 2.05 bits per heavy atom. The van der Waals surface area contributed by atoms with Gasteiger partial charge in [0.25, 0.3) is 0 Å². The highest BCUT2D eigenvalue weighted by atomic mass is 79.9. The molecule has 112 valence electrons. The van der Waals surface area contributed by atoms with Crippen molar-refractivity contribution in [2.24, 2.45) is 0 Å². The number of hydrogen-bond donors (Lipinski definition) is 1. The smallest absolute Gasteiger partial charge is 0.132 e. The highest BCUT2D eigenvalue weighted by Gasteiger charge is 2.25. The van der Waals surface area contributed by atoms with Crippen LogP contribution in [0.25, 0.3) is 11.3 Å². The Kier molecular flexibility index (Phi) is 4.28. The Morgan fingerprint density at radius 1 is 1.38 bits per heavy atom. The van der Waals surface area contributed by atoms with Crippen molar-refractivity contribution in [2.45, 2.75) is 39.7 Å². The van der Waals surface area contributed by atoms with Crippen molar-refractivity contribution in [3.63, 3.8) is 0 Å². The van der Waals surface area contributed by atoms with Gasteiger partial charge in [-0.15, -0.1) is 6.58 Å². The summed E-state index contributed by atoms with van der Waals surface area (Å²) in [7, 11) is 0. The molecule has 0 atom stereocenters. The van der Waals surface area contributed by atoms with Gasteiger partial charge in [0.1, 0.15) is 17.3 Å². The quantitative estimate of drug-likeness (QED) is 0.818. The summed E-state index contributed by atoms with van der Waals surface area (Å²) in [6.07, 6.45) is 1.85. The second-order valence-electron chi connectivity index (χ2n) is 6.30. The molecule has 21 heavy (non-hydrogen) atoms. The molecular formula is C17H22BrN3. The Balaban J connectivity index is 2.67. The Labute approximate surface area is 135 Å². The zero-order valence-corrected chi connectivity index (χ0v) is 14.7. The fourth-order valence-corrected chi connectivity index (χ4v) is 3.04. The first-order chi connectivity index (χ1) is 9.75. The van der Waals surface area contributed by atoms with E-state index in [1.165, 1.54) is 5.56 Å². The number of benzene rings is 1. The molecule has 3 nitrogen and oxygen atoms in total. The first kappa shape index (κ1) is 15.8. The first-order valence-electron chi connectivity index (χ1n) is 6.99. The van der Waals surface area contributed by atoms with E-state index in [4.69, 9.17) is 10.7 Å². The van der Waals surface area contributed by atoms with Crippen molar-refractivity contribution >= 4 is 21.7 Å². The minimum Gasteiger partial charge on any atom is -0.383 e. The maximum Gasteiger partial charge on any atom is 0.132 e.